The lowest BCUT2D eigenvalue weighted by Crippen LogP contribution is -1.81. The number of phenolic OH excluding ortho intramolecular Hbond substituents is 1. The van der Waals surface area contributed by atoms with Gasteiger partial charge in [-0.05, 0) is 12.3 Å². The molecule has 0 fully saturated rings. The van der Waals surface area contributed by atoms with E-state index < -0.39 is 5.82 Å². The Labute approximate surface area is 73.2 Å². The Morgan fingerprint density at radius 3 is 2.64 bits per heavy atom. The quantitative estimate of drug-likeness (QED) is 0.691. The number of benzene rings is 1. The van der Waals surface area contributed by atoms with Gasteiger partial charge in [0.2, 0.25) is 0 Å². The van der Waals surface area contributed by atoms with Crippen molar-refractivity contribution in [3.05, 3.63) is 23.0 Å². The van der Waals surface area contributed by atoms with Crippen LogP contribution in [0.3, 0.4) is 0 Å². The molecule has 1 nitrogen and oxygen atoms in total. The predicted octanol–water partition coefficient (Wildman–Crippen LogP) is 2.91. The van der Waals surface area contributed by atoms with E-state index in [1.54, 1.807) is 6.26 Å². The summed E-state index contributed by atoms with van der Waals surface area (Å²) < 4.78 is 12.8. The fraction of sp³-hybridized carbons (Fsp3) is 0.143. The van der Waals surface area contributed by atoms with E-state index in [2.05, 4.69) is 0 Å². The average Bonchev–Trinajstić information content (AvgIpc) is 1.85. The summed E-state index contributed by atoms with van der Waals surface area (Å²) in [5.74, 6) is -0.632. The molecule has 0 saturated carbocycles. The number of aromatic hydroxyl groups is 1. The molecule has 11 heavy (non-hydrogen) atoms. The Balaban J connectivity index is 3.25. The number of hydrogen-bond acceptors (Lipinski definition) is 2. The molecule has 0 aromatic heterocycles. The molecule has 0 aliphatic rings. The molecule has 0 amide bonds. The Morgan fingerprint density at radius 2 is 2.18 bits per heavy atom. The van der Waals surface area contributed by atoms with E-state index in [9.17, 15) is 4.39 Å². The van der Waals surface area contributed by atoms with Crippen molar-refractivity contribution in [2.75, 3.05) is 6.26 Å². The summed E-state index contributed by atoms with van der Waals surface area (Å²) >= 11 is 6.83. The maximum Gasteiger partial charge on any atom is 0.141 e. The van der Waals surface area contributed by atoms with Crippen LogP contribution < -0.4 is 0 Å². The molecule has 0 heterocycles. The molecule has 4 heteroatoms. The second-order valence-corrected chi connectivity index (χ2v) is 3.17. The Bertz CT molecular complexity index is 254. The van der Waals surface area contributed by atoms with E-state index >= 15 is 0 Å². The molecule has 0 aliphatic heterocycles. The van der Waals surface area contributed by atoms with E-state index in [1.807, 2.05) is 0 Å². The van der Waals surface area contributed by atoms with Crippen LogP contribution in [0.15, 0.2) is 17.0 Å². The molecule has 0 radical (unpaired) electrons. The maximum atomic E-state index is 12.8. The molecular weight excluding hydrogens is 187 g/mol. The minimum atomic E-state index is -0.484. The number of rotatable bonds is 1. The molecule has 1 N–H and O–H groups in total. The molecule has 0 unspecified atom stereocenters. The van der Waals surface area contributed by atoms with Crippen LogP contribution in [0.25, 0.3) is 0 Å². The first-order chi connectivity index (χ1) is 5.15. The van der Waals surface area contributed by atoms with Gasteiger partial charge < -0.3 is 5.11 Å². The van der Waals surface area contributed by atoms with Gasteiger partial charge in [-0.25, -0.2) is 4.39 Å². The lowest BCUT2D eigenvalue weighted by atomic mass is 10.3. The van der Waals surface area contributed by atoms with Crippen LogP contribution >= 0.6 is 23.4 Å². The highest BCUT2D eigenvalue weighted by Gasteiger charge is 2.07. The summed E-state index contributed by atoms with van der Waals surface area (Å²) in [4.78, 5) is 0.365. The third-order valence-electron chi connectivity index (χ3n) is 1.19. The van der Waals surface area contributed by atoms with Crippen LogP contribution in [0.1, 0.15) is 0 Å². The number of thioether (sulfide) groups is 1. The van der Waals surface area contributed by atoms with Crippen molar-refractivity contribution in [2.24, 2.45) is 0 Å². The van der Waals surface area contributed by atoms with Crippen molar-refractivity contribution in [3.63, 3.8) is 0 Å². The van der Waals surface area contributed by atoms with E-state index in [0.717, 1.165) is 6.07 Å². The smallest absolute Gasteiger partial charge is 0.141 e. The van der Waals surface area contributed by atoms with Gasteiger partial charge in [-0.1, -0.05) is 11.6 Å². The van der Waals surface area contributed by atoms with Crippen molar-refractivity contribution in [1.29, 1.82) is 0 Å². The third kappa shape index (κ3) is 1.79. The van der Waals surface area contributed by atoms with Crippen LogP contribution in [0.5, 0.6) is 5.75 Å². The molecule has 0 saturated heterocycles. The summed E-state index contributed by atoms with van der Waals surface area (Å²) in [6.07, 6.45) is 1.72. The first-order valence-electron chi connectivity index (χ1n) is 2.87. The summed E-state index contributed by atoms with van der Waals surface area (Å²) in [5.41, 5.74) is 0. The van der Waals surface area contributed by atoms with Crippen molar-refractivity contribution < 1.29 is 9.50 Å². The van der Waals surface area contributed by atoms with Gasteiger partial charge in [0.1, 0.15) is 11.6 Å². The Kier molecular flexibility index (Phi) is 2.62. The molecule has 1 aromatic rings. The second-order valence-electron chi connectivity index (χ2n) is 1.94. The molecular formula is C7H6ClFOS. The van der Waals surface area contributed by atoms with E-state index in [-0.39, 0.29) is 10.8 Å². The first-order valence-corrected chi connectivity index (χ1v) is 4.47. The third-order valence-corrected chi connectivity index (χ3v) is 2.42. The first kappa shape index (κ1) is 8.68. The highest BCUT2D eigenvalue weighted by molar-refractivity contribution is 7.98. The van der Waals surface area contributed by atoms with Crippen molar-refractivity contribution in [3.8, 4) is 5.75 Å². The van der Waals surface area contributed by atoms with Crippen LogP contribution in [-0.2, 0) is 0 Å². The summed E-state index contributed by atoms with van der Waals surface area (Å²) in [7, 11) is 0. The highest BCUT2D eigenvalue weighted by Crippen LogP contribution is 2.31. The van der Waals surface area contributed by atoms with Gasteiger partial charge in [-0.2, -0.15) is 0 Å². The zero-order valence-electron chi connectivity index (χ0n) is 5.77. The minimum Gasteiger partial charge on any atom is -0.508 e. The molecule has 60 valence electrons. The summed E-state index contributed by atoms with van der Waals surface area (Å²) in [5, 5.41) is 9.13. The number of phenols is 1. The SMILES string of the molecule is CSc1c(F)cc(O)cc1Cl. The van der Waals surface area contributed by atoms with Crippen LogP contribution in [0.2, 0.25) is 5.02 Å². The van der Waals surface area contributed by atoms with Crippen LogP contribution in [0.4, 0.5) is 4.39 Å². The predicted molar refractivity (Wildman–Crippen MR) is 44.9 cm³/mol. The topological polar surface area (TPSA) is 20.2 Å². The van der Waals surface area contributed by atoms with Crippen molar-refractivity contribution >= 4 is 23.4 Å². The van der Waals surface area contributed by atoms with Gasteiger partial charge in [-0.3, -0.25) is 0 Å². The number of halogens is 2. The van der Waals surface area contributed by atoms with Crippen molar-refractivity contribution in [2.45, 2.75) is 4.90 Å². The van der Waals surface area contributed by atoms with Gasteiger partial charge in [0.25, 0.3) is 0 Å². The maximum absolute atomic E-state index is 12.8. The van der Waals surface area contributed by atoms with E-state index in [0.29, 0.717) is 4.90 Å². The monoisotopic (exact) mass is 192 g/mol. The van der Waals surface area contributed by atoms with E-state index in [4.69, 9.17) is 16.7 Å². The normalized spacial score (nSPS) is 10.1. The van der Waals surface area contributed by atoms with Crippen LogP contribution in [-0.4, -0.2) is 11.4 Å². The summed E-state index contributed by atoms with van der Waals surface area (Å²) in [6.45, 7) is 0. The standard InChI is InChI=1S/C7H6ClFOS/c1-11-7-5(8)2-4(10)3-6(7)9/h2-3,10H,1H3. The largest absolute Gasteiger partial charge is 0.508 e. The van der Waals surface area contributed by atoms with Gasteiger partial charge in [0, 0.05) is 6.07 Å². The average molecular weight is 193 g/mol. The molecule has 0 atom stereocenters. The van der Waals surface area contributed by atoms with Gasteiger partial charge in [0.15, 0.2) is 0 Å². The fourth-order valence-corrected chi connectivity index (χ4v) is 1.68. The zero-order chi connectivity index (χ0) is 8.43. The Hall–Kier alpha value is -0.410. The van der Waals surface area contributed by atoms with Gasteiger partial charge in [0.05, 0.1) is 9.92 Å². The zero-order valence-corrected chi connectivity index (χ0v) is 7.34. The molecule has 1 aromatic carbocycles. The molecule has 0 spiro atoms. The van der Waals surface area contributed by atoms with Crippen molar-refractivity contribution in [1.82, 2.24) is 0 Å². The lowest BCUT2D eigenvalue weighted by molar-refractivity contribution is 0.466. The summed E-state index contributed by atoms with van der Waals surface area (Å²) in [6, 6.07) is 2.36. The highest BCUT2D eigenvalue weighted by atomic mass is 35.5. The van der Waals surface area contributed by atoms with Gasteiger partial charge in [-0.15, -0.1) is 11.8 Å². The molecule has 0 bridgehead atoms. The van der Waals surface area contributed by atoms with E-state index in [1.165, 1.54) is 17.8 Å². The number of hydrogen-bond donors (Lipinski definition) is 1. The molecule has 0 aliphatic carbocycles. The molecule has 1 rings (SSSR count). The van der Waals surface area contributed by atoms with Crippen LogP contribution in [0, 0.1) is 5.82 Å². The lowest BCUT2D eigenvalue weighted by Gasteiger charge is -2.01. The van der Waals surface area contributed by atoms with Gasteiger partial charge >= 0.3 is 0 Å². The minimum absolute atomic E-state index is 0.148. The second kappa shape index (κ2) is 3.32. The fourth-order valence-electron chi connectivity index (χ4n) is 0.742. The Morgan fingerprint density at radius 1 is 1.55 bits per heavy atom.